The minimum atomic E-state index is 0.668. The molecule has 1 aromatic rings. The van der Waals surface area contributed by atoms with Gasteiger partial charge in [0.05, 0.1) is 7.11 Å². The number of halogens is 1. The number of methoxy groups -OCH3 is 1. The highest BCUT2D eigenvalue weighted by atomic mass is 35.5. The minimum absolute atomic E-state index is 0.668. The van der Waals surface area contributed by atoms with E-state index < -0.39 is 0 Å². The maximum absolute atomic E-state index is 5.77. The van der Waals surface area contributed by atoms with Crippen LogP contribution in [0, 0.1) is 0 Å². The minimum Gasteiger partial charge on any atom is -0.497 e. The zero-order chi connectivity index (χ0) is 13.4. The molecule has 2 nitrogen and oxygen atoms in total. The first kappa shape index (κ1) is 15.1. The molecule has 0 aliphatic carbocycles. The Hall–Kier alpha value is -0.990. The van der Waals surface area contributed by atoms with Gasteiger partial charge in [-0.05, 0) is 50.2 Å². The molecule has 3 heteroatoms. The van der Waals surface area contributed by atoms with Gasteiger partial charge < -0.3 is 9.64 Å². The summed E-state index contributed by atoms with van der Waals surface area (Å²) in [6.45, 7) is 1.04. The molecule has 0 amide bonds. The average Bonchev–Trinajstić information content (AvgIpc) is 2.39. The molecule has 0 radical (unpaired) electrons. The van der Waals surface area contributed by atoms with Crippen LogP contribution in [0.3, 0.4) is 0 Å². The summed E-state index contributed by atoms with van der Waals surface area (Å²) in [5.74, 6) is 1.56. The van der Waals surface area contributed by atoms with Gasteiger partial charge in [0.25, 0.3) is 0 Å². The van der Waals surface area contributed by atoms with Crippen LogP contribution in [-0.4, -0.2) is 38.5 Å². The third-order valence-corrected chi connectivity index (χ3v) is 3.01. The molecule has 0 saturated heterocycles. The number of nitrogens with zero attached hydrogens (tertiary/aromatic N) is 1. The van der Waals surface area contributed by atoms with Gasteiger partial charge in [-0.3, -0.25) is 0 Å². The lowest BCUT2D eigenvalue weighted by Gasteiger charge is -2.13. The van der Waals surface area contributed by atoms with Crippen LogP contribution < -0.4 is 4.74 Å². The third-order valence-electron chi connectivity index (χ3n) is 2.79. The van der Waals surface area contributed by atoms with Crippen LogP contribution >= 0.6 is 11.6 Å². The van der Waals surface area contributed by atoms with Crippen molar-refractivity contribution in [3.63, 3.8) is 0 Å². The van der Waals surface area contributed by atoms with Crippen molar-refractivity contribution < 1.29 is 4.74 Å². The topological polar surface area (TPSA) is 12.5 Å². The molecule has 100 valence electrons. The molecule has 0 unspecified atom stereocenters. The van der Waals surface area contributed by atoms with Crippen LogP contribution in [0.2, 0.25) is 0 Å². The Morgan fingerprint density at radius 2 is 1.94 bits per heavy atom. The van der Waals surface area contributed by atoms with E-state index in [1.165, 1.54) is 11.1 Å². The van der Waals surface area contributed by atoms with Crippen LogP contribution in [-0.2, 0) is 0 Å². The zero-order valence-corrected chi connectivity index (χ0v) is 12.2. The van der Waals surface area contributed by atoms with E-state index in [4.69, 9.17) is 16.3 Å². The summed E-state index contributed by atoms with van der Waals surface area (Å²) in [6, 6.07) is 8.21. The standard InChI is InChI=1S/C15H22ClNO/c1-17(2)12-10-13(5-4-11-16)14-6-8-15(18-3)9-7-14/h5-9H,4,10-12H2,1-3H3. The van der Waals surface area contributed by atoms with E-state index in [-0.39, 0.29) is 0 Å². The molecule has 18 heavy (non-hydrogen) atoms. The van der Waals surface area contributed by atoms with E-state index in [2.05, 4.69) is 37.2 Å². The maximum atomic E-state index is 5.77. The van der Waals surface area contributed by atoms with E-state index in [1.807, 2.05) is 12.1 Å². The summed E-state index contributed by atoms with van der Waals surface area (Å²) in [5.41, 5.74) is 2.61. The largest absolute Gasteiger partial charge is 0.497 e. The molecule has 0 fully saturated rings. The Morgan fingerprint density at radius 3 is 2.44 bits per heavy atom. The predicted molar refractivity (Wildman–Crippen MR) is 79.5 cm³/mol. The van der Waals surface area contributed by atoms with Gasteiger partial charge in [0.15, 0.2) is 0 Å². The van der Waals surface area contributed by atoms with Crippen molar-refractivity contribution in [1.82, 2.24) is 4.90 Å². The van der Waals surface area contributed by atoms with Gasteiger partial charge in [-0.25, -0.2) is 0 Å². The summed E-state index contributed by atoms with van der Waals surface area (Å²) in [4.78, 5) is 2.19. The van der Waals surface area contributed by atoms with E-state index >= 15 is 0 Å². The SMILES string of the molecule is COc1ccc(C(=CCCCl)CCN(C)C)cc1. The third kappa shape index (κ3) is 5.11. The Morgan fingerprint density at radius 1 is 1.28 bits per heavy atom. The molecule has 0 bridgehead atoms. The molecule has 0 N–H and O–H groups in total. The average molecular weight is 268 g/mol. The Labute approximate surface area is 115 Å². The van der Waals surface area contributed by atoms with Crippen molar-refractivity contribution >= 4 is 17.2 Å². The lowest BCUT2D eigenvalue weighted by Crippen LogP contribution is -2.13. The van der Waals surface area contributed by atoms with E-state index in [0.717, 1.165) is 25.1 Å². The van der Waals surface area contributed by atoms with Gasteiger partial charge >= 0.3 is 0 Å². The van der Waals surface area contributed by atoms with Crippen molar-refractivity contribution in [2.75, 3.05) is 33.6 Å². The fraction of sp³-hybridized carbons (Fsp3) is 0.467. The first-order valence-corrected chi connectivity index (χ1v) is 6.75. The number of benzene rings is 1. The van der Waals surface area contributed by atoms with E-state index in [9.17, 15) is 0 Å². The Kier molecular flexibility index (Phi) is 6.84. The highest BCUT2D eigenvalue weighted by Gasteiger charge is 2.03. The van der Waals surface area contributed by atoms with Crippen LogP contribution in [0.15, 0.2) is 30.3 Å². The highest BCUT2D eigenvalue weighted by molar-refractivity contribution is 6.17. The summed E-state index contributed by atoms with van der Waals surface area (Å²) in [6.07, 6.45) is 4.19. The van der Waals surface area contributed by atoms with Crippen molar-refractivity contribution in [3.05, 3.63) is 35.9 Å². The van der Waals surface area contributed by atoms with Gasteiger partial charge in [0.2, 0.25) is 0 Å². The van der Waals surface area contributed by atoms with Crippen molar-refractivity contribution in [1.29, 1.82) is 0 Å². The molecular formula is C15H22ClNO. The molecule has 0 aliphatic heterocycles. The lowest BCUT2D eigenvalue weighted by molar-refractivity contribution is 0.414. The Balaban J connectivity index is 2.80. The highest BCUT2D eigenvalue weighted by Crippen LogP contribution is 2.22. The van der Waals surface area contributed by atoms with Crippen molar-refractivity contribution in [2.24, 2.45) is 0 Å². The summed E-state index contributed by atoms with van der Waals surface area (Å²) in [5, 5.41) is 0. The second-order valence-electron chi connectivity index (χ2n) is 4.49. The van der Waals surface area contributed by atoms with Crippen LogP contribution in [0.1, 0.15) is 18.4 Å². The normalized spacial score (nSPS) is 11.9. The molecule has 0 atom stereocenters. The number of ether oxygens (including phenoxy) is 1. The first-order chi connectivity index (χ1) is 8.67. The van der Waals surface area contributed by atoms with Gasteiger partial charge in [-0.2, -0.15) is 0 Å². The second-order valence-corrected chi connectivity index (χ2v) is 4.87. The van der Waals surface area contributed by atoms with E-state index in [1.54, 1.807) is 7.11 Å². The quantitative estimate of drug-likeness (QED) is 0.699. The molecule has 0 aromatic heterocycles. The van der Waals surface area contributed by atoms with Gasteiger partial charge in [-0.1, -0.05) is 18.2 Å². The fourth-order valence-corrected chi connectivity index (χ4v) is 1.85. The monoisotopic (exact) mass is 267 g/mol. The van der Waals surface area contributed by atoms with Crippen LogP contribution in [0.25, 0.3) is 5.57 Å². The van der Waals surface area contributed by atoms with Crippen LogP contribution in [0.5, 0.6) is 5.75 Å². The molecule has 0 heterocycles. The zero-order valence-electron chi connectivity index (χ0n) is 11.4. The smallest absolute Gasteiger partial charge is 0.118 e. The molecule has 0 aliphatic rings. The number of hydrogen-bond donors (Lipinski definition) is 0. The second kappa shape index (κ2) is 8.17. The van der Waals surface area contributed by atoms with E-state index in [0.29, 0.717) is 5.88 Å². The predicted octanol–water partition coefficient (Wildman–Crippen LogP) is 3.66. The van der Waals surface area contributed by atoms with Gasteiger partial charge in [0.1, 0.15) is 5.75 Å². The van der Waals surface area contributed by atoms with Crippen molar-refractivity contribution in [2.45, 2.75) is 12.8 Å². The number of allylic oxidation sites excluding steroid dienone is 1. The number of alkyl halides is 1. The molecule has 0 spiro atoms. The lowest BCUT2D eigenvalue weighted by atomic mass is 10.0. The fourth-order valence-electron chi connectivity index (χ4n) is 1.74. The summed E-state index contributed by atoms with van der Waals surface area (Å²) >= 11 is 5.77. The Bertz CT molecular complexity index is 371. The molecular weight excluding hydrogens is 246 g/mol. The molecule has 1 aromatic carbocycles. The molecule has 1 rings (SSSR count). The number of hydrogen-bond acceptors (Lipinski definition) is 2. The van der Waals surface area contributed by atoms with Gasteiger partial charge in [0, 0.05) is 12.4 Å². The summed E-state index contributed by atoms with van der Waals surface area (Å²) in [7, 11) is 5.87. The first-order valence-electron chi connectivity index (χ1n) is 6.21. The van der Waals surface area contributed by atoms with Gasteiger partial charge in [-0.15, -0.1) is 11.6 Å². The summed E-state index contributed by atoms with van der Waals surface area (Å²) < 4.78 is 5.18. The van der Waals surface area contributed by atoms with Crippen molar-refractivity contribution in [3.8, 4) is 5.75 Å². The number of rotatable bonds is 7. The van der Waals surface area contributed by atoms with Crippen LogP contribution in [0.4, 0.5) is 0 Å². The molecule has 0 saturated carbocycles. The maximum Gasteiger partial charge on any atom is 0.118 e.